The van der Waals surface area contributed by atoms with Crippen LogP contribution in [0.3, 0.4) is 0 Å². The normalized spacial score (nSPS) is 11.5. The zero-order chi connectivity index (χ0) is 21.1. The van der Waals surface area contributed by atoms with Crippen LogP contribution in [0.25, 0.3) is 21.5 Å². The highest BCUT2D eigenvalue weighted by Crippen LogP contribution is 2.38. The Morgan fingerprint density at radius 2 is 1.50 bits per heavy atom. The minimum Gasteiger partial charge on any atom is -0.494 e. The summed E-state index contributed by atoms with van der Waals surface area (Å²) in [6.07, 6.45) is 0.556. The molecule has 30 heavy (non-hydrogen) atoms. The summed E-state index contributed by atoms with van der Waals surface area (Å²) in [5.74, 6) is 0.640. The molecule has 4 rings (SSSR count). The van der Waals surface area contributed by atoms with Crippen molar-refractivity contribution in [3.8, 4) is 5.75 Å². The Labute approximate surface area is 176 Å². The predicted octanol–water partition coefficient (Wildman–Crippen LogP) is 5.90. The number of rotatable bonds is 7. The van der Waals surface area contributed by atoms with Crippen molar-refractivity contribution in [2.45, 2.75) is 13.3 Å². The molecule has 0 aromatic heterocycles. The number of nitrogens with one attached hydrogen (secondary N) is 2. The molecule has 0 unspecified atom stereocenters. The van der Waals surface area contributed by atoms with E-state index in [1.807, 2.05) is 37.3 Å². The van der Waals surface area contributed by atoms with Gasteiger partial charge in [0, 0.05) is 16.8 Å². The molecule has 4 aromatic carbocycles. The summed E-state index contributed by atoms with van der Waals surface area (Å²) in [6, 6.07) is 23.9. The van der Waals surface area contributed by atoms with Crippen LogP contribution in [0.4, 0.5) is 17.1 Å². The van der Waals surface area contributed by atoms with Crippen LogP contribution in [0, 0.1) is 0 Å². The molecule has 5 nitrogen and oxygen atoms in total. The number of anilines is 3. The summed E-state index contributed by atoms with van der Waals surface area (Å²) in [7, 11) is -1.79. The lowest BCUT2D eigenvalue weighted by molar-refractivity contribution is 0.417. The first-order valence-corrected chi connectivity index (χ1v) is 11.5. The maximum Gasteiger partial charge on any atom is 0.232 e. The van der Waals surface area contributed by atoms with Gasteiger partial charge in [0.15, 0.2) is 0 Å². The van der Waals surface area contributed by atoms with Crippen molar-refractivity contribution in [1.82, 2.24) is 0 Å². The Balaban J connectivity index is 1.78. The van der Waals surface area contributed by atoms with Crippen molar-refractivity contribution >= 4 is 48.6 Å². The van der Waals surface area contributed by atoms with Gasteiger partial charge in [-0.1, -0.05) is 55.5 Å². The van der Waals surface area contributed by atoms with E-state index >= 15 is 0 Å². The Bertz CT molecular complexity index is 1260. The molecule has 0 aliphatic rings. The molecular formula is C24H24N2O3S. The van der Waals surface area contributed by atoms with Gasteiger partial charge < -0.3 is 10.1 Å². The zero-order valence-electron chi connectivity index (χ0n) is 17.0. The van der Waals surface area contributed by atoms with Crippen LogP contribution in [0.1, 0.15) is 13.3 Å². The van der Waals surface area contributed by atoms with Crippen molar-refractivity contribution in [3.05, 3.63) is 72.8 Å². The van der Waals surface area contributed by atoms with Crippen LogP contribution in [0.5, 0.6) is 5.75 Å². The van der Waals surface area contributed by atoms with E-state index in [-0.39, 0.29) is 5.75 Å². The van der Waals surface area contributed by atoms with Gasteiger partial charge >= 0.3 is 0 Å². The summed E-state index contributed by atoms with van der Waals surface area (Å²) in [6.45, 7) is 1.83. The molecule has 0 saturated carbocycles. The van der Waals surface area contributed by atoms with Crippen molar-refractivity contribution in [1.29, 1.82) is 0 Å². The SMILES string of the molecule is CCCS(=O)(=O)Nc1ccc(Nc2c3ccccc3cc3ccccc23)c(OC)c1. The number of hydrogen-bond donors (Lipinski definition) is 2. The molecule has 0 aliphatic carbocycles. The number of fused-ring (bicyclic) bond motifs is 2. The summed E-state index contributed by atoms with van der Waals surface area (Å²) in [5, 5.41) is 8.01. The summed E-state index contributed by atoms with van der Waals surface area (Å²) < 4.78 is 32.4. The first-order chi connectivity index (χ1) is 14.5. The molecule has 4 aromatic rings. The highest BCUT2D eigenvalue weighted by molar-refractivity contribution is 7.92. The van der Waals surface area contributed by atoms with Gasteiger partial charge in [0.05, 0.1) is 29.9 Å². The molecule has 0 amide bonds. The Hall–Kier alpha value is -3.25. The Kier molecular flexibility index (Phi) is 5.50. The van der Waals surface area contributed by atoms with Crippen LogP contribution in [-0.2, 0) is 10.0 Å². The van der Waals surface area contributed by atoms with Crippen LogP contribution < -0.4 is 14.8 Å². The van der Waals surface area contributed by atoms with E-state index in [0.29, 0.717) is 17.9 Å². The van der Waals surface area contributed by atoms with E-state index < -0.39 is 10.0 Å². The first-order valence-electron chi connectivity index (χ1n) is 9.87. The minimum absolute atomic E-state index is 0.0807. The molecule has 6 heteroatoms. The maximum absolute atomic E-state index is 12.1. The molecule has 0 heterocycles. The van der Waals surface area contributed by atoms with Gasteiger partial charge in [0.2, 0.25) is 10.0 Å². The van der Waals surface area contributed by atoms with Crippen LogP contribution in [0.15, 0.2) is 72.8 Å². The molecule has 0 spiro atoms. The second kappa shape index (κ2) is 8.24. The van der Waals surface area contributed by atoms with Gasteiger partial charge in [-0.25, -0.2) is 8.42 Å². The zero-order valence-corrected chi connectivity index (χ0v) is 17.8. The lowest BCUT2D eigenvalue weighted by Crippen LogP contribution is -2.16. The molecule has 0 fully saturated rings. The van der Waals surface area contributed by atoms with E-state index in [9.17, 15) is 8.42 Å². The fourth-order valence-electron chi connectivity index (χ4n) is 3.64. The fourth-order valence-corrected chi connectivity index (χ4v) is 4.77. The number of ether oxygens (including phenoxy) is 1. The molecule has 0 atom stereocenters. The highest BCUT2D eigenvalue weighted by Gasteiger charge is 2.13. The monoisotopic (exact) mass is 420 g/mol. The van der Waals surface area contributed by atoms with Crippen molar-refractivity contribution in [2.24, 2.45) is 0 Å². The highest BCUT2D eigenvalue weighted by atomic mass is 32.2. The quantitative estimate of drug-likeness (QED) is 0.366. The summed E-state index contributed by atoms with van der Waals surface area (Å²) >= 11 is 0. The third-order valence-electron chi connectivity index (χ3n) is 4.98. The number of methoxy groups -OCH3 is 1. The molecule has 2 N–H and O–H groups in total. The average molecular weight is 421 g/mol. The van der Waals surface area contributed by atoms with Crippen LogP contribution in [-0.4, -0.2) is 21.3 Å². The Morgan fingerprint density at radius 3 is 2.10 bits per heavy atom. The summed E-state index contributed by atoms with van der Waals surface area (Å²) in [5.41, 5.74) is 2.23. The minimum atomic E-state index is -3.37. The van der Waals surface area contributed by atoms with Crippen molar-refractivity contribution in [3.63, 3.8) is 0 Å². The third-order valence-corrected chi connectivity index (χ3v) is 6.47. The van der Waals surface area contributed by atoms with E-state index in [4.69, 9.17) is 4.74 Å². The molecule has 154 valence electrons. The number of hydrogen-bond acceptors (Lipinski definition) is 4. The lowest BCUT2D eigenvalue weighted by atomic mass is 10.0. The van der Waals surface area contributed by atoms with Gasteiger partial charge in [-0.05, 0) is 35.4 Å². The fraction of sp³-hybridized carbons (Fsp3) is 0.167. The average Bonchev–Trinajstić information content (AvgIpc) is 2.74. The number of sulfonamides is 1. The topological polar surface area (TPSA) is 67.4 Å². The largest absolute Gasteiger partial charge is 0.494 e. The second-order valence-corrected chi connectivity index (χ2v) is 9.00. The maximum atomic E-state index is 12.1. The lowest BCUT2D eigenvalue weighted by Gasteiger charge is -2.17. The smallest absolute Gasteiger partial charge is 0.232 e. The summed E-state index contributed by atoms with van der Waals surface area (Å²) in [4.78, 5) is 0. The molecule has 0 bridgehead atoms. The van der Waals surface area contributed by atoms with Crippen molar-refractivity contribution < 1.29 is 13.2 Å². The van der Waals surface area contributed by atoms with Gasteiger partial charge in [-0.3, -0.25) is 4.72 Å². The molecular weight excluding hydrogens is 396 g/mol. The van der Waals surface area contributed by atoms with E-state index in [0.717, 1.165) is 32.9 Å². The van der Waals surface area contributed by atoms with Crippen LogP contribution in [0.2, 0.25) is 0 Å². The molecule has 0 radical (unpaired) electrons. The van der Waals surface area contributed by atoms with Crippen LogP contribution >= 0.6 is 0 Å². The van der Waals surface area contributed by atoms with Gasteiger partial charge in [0.25, 0.3) is 0 Å². The molecule has 0 aliphatic heterocycles. The number of benzene rings is 4. The Morgan fingerprint density at radius 1 is 0.867 bits per heavy atom. The van der Waals surface area contributed by atoms with Gasteiger partial charge in [0.1, 0.15) is 5.75 Å². The predicted molar refractivity (Wildman–Crippen MR) is 125 cm³/mol. The van der Waals surface area contributed by atoms with Crippen molar-refractivity contribution in [2.75, 3.05) is 22.9 Å². The molecule has 0 saturated heterocycles. The van der Waals surface area contributed by atoms with Gasteiger partial charge in [-0.2, -0.15) is 0 Å². The second-order valence-electron chi connectivity index (χ2n) is 7.15. The van der Waals surface area contributed by atoms with E-state index in [2.05, 4.69) is 40.4 Å². The van der Waals surface area contributed by atoms with E-state index in [1.165, 1.54) is 0 Å². The standard InChI is InChI=1S/C24H24N2O3S/c1-3-14-30(27,28)26-19-12-13-22(23(16-19)29-2)25-24-20-10-6-4-8-17(20)15-18-9-5-7-11-21(18)24/h4-13,15-16,25-26H,3,14H2,1-2H3. The van der Waals surface area contributed by atoms with E-state index in [1.54, 1.807) is 19.2 Å². The third kappa shape index (κ3) is 4.04. The first kappa shape index (κ1) is 20.0. The van der Waals surface area contributed by atoms with Gasteiger partial charge in [-0.15, -0.1) is 0 Å².